The molecule has 0 amide bonds. The summed E-state index contributed by atoms with van der Waals surface area (Å²) < 4.78 is 0. The van der Waals surface area contributed by atoms with Gasteiger partial charge in [-0.25, -0.2) is 4.98 Å². The number of rotatable bonds is 5. The number of aromatic amines is 1. The van der Waals surface area contributed by atoms with Crippen LogP contribution in [0.1, 0.15) is 11.3 Å². The van der Waals surface area contributed by atoms with E-state index < -0.39 is 6.04 Å². The first-order chi connectivity index (χ1) is 8.79. The molecule has 0 spiro atoms. The van der Waals surface area contributed by atoms with Crippen LogP contribution in [0.4, 0.5) is 0 Å². The number of benzene rings is 1. The number of amidine groups is 1. The second-order valence-electron chi connectivity index (χ2n) is 3.82. The molecule has 1 heterocycles. The predicted molar refractivity (Wildman–Crippen MR) is 68.2 cm³/mol. The second kappa shape index (κ2) is 5.77. The predicted octanol–water partition coefficient (Wildman–Crippen LogP) is 1.05. The number of hydrogen-bond acceptors (Lipinski definition) is 3. The smallest absolute Gasteiger partial charge is 0.223 e. The molecule has 0 saturated carbocycles. The average molecular weight is 241 g/mol. The molecule has 1 aromatic carbocycles. The largest absolute Gasteiger partial charge is 0.359 e. The Kier molecular flexibility index (Phi) is 3.86. The summed E-state index contributed by atoms with van der Waals surface area (Å²) >= 11 is 0. The zero-order valence-corrected chi connectivity index (χ0v) is 9.68. The van der Waals surface area contributed by atoms with Crippen molar-refractivity contribution in [2.45, 2.75) is 12.5 Å². The standard InChI is InChI=1S/C13H13N4O/c14-13(10-4-2-1-3-5-10)17-12(8-18)6-11-7-15-9-16-11/h1-5,7,9,12H,6H2,(H2,14,17)(H,15,16)/t12-/m1/s1. The molecule has 3 N–H and O–H groups in total. The molecule has 0 bridgehead atoms. The molecule has 0 unspecified atom stereocenters. The van der Waals surface area contributed by atoms with E-state index in [-0.39, 0.29) is 5.84 Å². The van der Waals surface area contributed by atoms with Crippen LogP contribution in [0.5, 0.6) is 0 Å². The highest BCUT2D eigenvalue weighted by Crippen LogP contribution is 2.01. The van der Waals surface area contributed by atoms with Crippen LogP contribution in [0.2, 0.25) is 0 Å². The van der Waals surface area contributed by atoms with Crippen LogP contribution in [0.25, 0.3) is 0 Å². The fourth-order valence-electron chi connectivity index (χ4n) is 1.60. The van der Waals surface area contributed by atoms with Gasteiger partial charge in [-0.05, 0) is 0 Å². The van der Waals surface area contributed by atoms with Gasteiger partial charge in [-0.1, -0.05) is 30.3 Å². The van der Waals surface area contributed by atoms with Crippen molar-refractivity contribution in [1.29, 1.82) is 5.41 Å². The Bertz CT molecular complexity index is 507. The summed E-state index contributed by atoms with van der Waals surface area (Å²) in [4.78, 5) is 17.7. The third-order valence-electron chi connectivity index (χ3n) is 2.49. The fraction of sp³-hybridized carbons (Fsp3) is 0.154. The Morgan fingerprint density at radius 1 is 1.44 bits per heavy atom. The second-order valence-corrected chi connectivity index (χ2v) is 3.82. The monoisotopic (exact) mass is 241 g/mol. The Morgan fingerprint density at radius 2 is 2.22 bits per heavy atom. The minimum Gasteiger partial charge on any atom is -0.359 e. The molecule has 0 aliphatic heterocycles. The number of nitrogens with zero attached hydrogens (tertiary/aromatic N) is 1. The van der Waals surface area contributed by atoms with Crippen molar-refractivity contribution in [3.63, 3.8) is 0 Å². The van der Waals surface area contributed by atoms with Crippen LogP contribution in [-0.2, 0) is 11.2 Å². The fourth-order valence-corrected chi connectivity index (χ4v) is 1.60. The van der Waals surface area contributed by atoms with Gasteiger partial charge >= 0.3 is 0 Å². The van der Waals surface area contributed by atoms with Gasteiger partial charge in [-0.3, -0.25) is 10.2 Å². The number of hydrogen-bond donors (Lipinski definition) is 3. The van der Waals surface area contributed by atoms with Gasteiger partial charge in [0.05, 0.1) is 18.1 Å². The van der Waals surface area contributed by atoms with Crippen molar-refractivity contribution in [1.82, 2.24) is 15.3 Å². The van der Waals surface area contributed by atoms with Crippen LogP contribution in [0.15, 0.2) is 42.9 Å². The van der Waals surface area contributed by atoms with Crippen molar-refractivity contribution < 1.29 is 4.79 Å². The van der Waals surface area contributed by atoms with Crippen LogP contribution in [-0.4, -0.2) is 28.1 Å². The van der Waals surface area contributed by atoms with Crippen molar-refractivity contribution in [3.8, 4) is 0 Å². The van der Waals surface area contributed by atoms with E-state index in [2.05, 4.69) is 15.3 Å². The third kappa shape index (κ3) is 3.04. The first-order valence-corrected chi connectivity index (χ1v) is 5.55. The maximum absolute atomic E-state index is 10.9. The molecule has 1 atom stereocenters. The maximum atomic E-state index is 10.9. The van der Waals surface area contributed by atoms with Gasteiger partial charge in [0.2, 0.25) is 6.29 Å². The van der Waals surface area contributed by atoms with Crippen molar-refractivity contribution in [3.05, 3.63) is 54.1 Å². The Balaban J connectivity index is 1.98. The lowest BCUT2D eigenvalue weighted by Gasteiger charge is -2.13. The molecule has 0 aliphatic carbocycles. The molecule has 5 heteroatoms. The van der Waals surface area contributed by atoms with Gasteiger partial charge in [0.25, 0.3) is 0 Å². The van der Waals surface area contributed by atoms with Crippen molar-refractivity contribution >= 4 is 12.1 Å². The zero-order valence-electron chi connectivity index (χ0n) is 9.68. The average Bonchev–Trinajstić information content (AvgIpc) is 2.91. The molecular formula is C13H13N4O. The topological polar surface area (TPSA) is 81.6 Å². The SMILES string of the molecule is N=C(N[C@@H]([C]=O)Cc1c[nH]cn1)c1ccccc1. The number of carbonyl (C=O) groups excluding carboxylic acids is 1. The van der Waals surface area contributed by atoms with Crippen LogP contribution >= 0.6 is 0 Å². The highest BCUT2D eigenvalue weighted by Gasteiger charge is 2.12. The van der Waals surface area contributed by atoms with Crippen LogP contribution in [0, 0.1) is 5.41 Å². The van der Waals surface area contributed by atoms with E-state index in [1.165, 1.54) is 0 Å². The maximum Gasteiger partial charge on any atom is 0.223 e. The molecule has 0 aliphatic rings. The third-order valence-corrected chi connectivity index (χ3v) is 2.49. The Morgan fingerprint density at radius 3 is 2.83 bits per heavy atom. The van der Waals surface area contributed by atoms with E-state index in [1.54, 1.807) is 12.5 Å². The van der Waals surface area contributed by atoms with E-state index >= 15 is 0 Å². The molecule has 2 rings (SSSR count). The lowest BCUT2D eigenvalue weighted by atomic mass is 10.1. The molecule has 0 saturated heterocycles. The van der Waals surface area contributed by atoms with E-state index in [4.69, 9.17) is 5.41 Å². The van der Waals surface area contributed by atoms with Gasteiger partial charge in [-0.15, -0.1) is 0 Å². The summed E-state index contributed by atoms with van der Waals surface area (Å²) in [6.07, 6.45) is 5.57. The van der Waals surface area contributed by atoms with Crippen molar-refractivity contribution in [2.24, 2.45) is 0 Å². The number of H-pyrrole nitrogens is 1. The lowest BCUT2D eigenvalue weighted by molar-refractivity contribution is 0.532. The van der Waals surface area contributed by atoms with E-state index in [1.807, 2.05) is 36.6 Å². The van der Waals surface area contributed by atoms with Crippen molar-refractivity contribution in [2.75, 3.05) is 0 Å². The van der Waals surface area contributed by atoms with Gasteiger partial charge in [-0.2, -0.15) is 0 Å². The van der Waals surface area contributed by atoms with Gasteiger partial charge in [0.1, 0.15) is 5.84 Å². The quantitative estimate of drug-likeness (QED) is 0.540. The van der Waals surface area contributed by atoms with E-state index in [0.29, 0.717) is 6.42 Å². The van der Waals surface area contributed by atoms with Crippen LogP contribution in [0.3, 0.4) is 0 Å². The Hall–Kier alpha value is -2.43. The molecular weight excluding hydrogens is 228 g/mol. The van der Waals surface area contributed by atoms with E-state index in [9.17, 15) is 4.79 Å². The number of imidazole rings is 1. The molecule has 2 aromatic rings. The summed E-state index contributed by atoms with van der Waals surface area (Å²) in [5.41, 5.74) is 1.50. The molecule has 5 nitrogen and oxygen atoms in total. The normalized spacial score (nSPS) is 11.8. The summed E-state index contributed by atoms with van der Waals surface area (Å²) in [6.45, 7) is 0. The first-order valence-electron chi connectivity index (χ1n) is 5.55. The molecule has 1 radical (unpaired) electrons. The highest BCUT2D eigenvalue weighted by atomic mass is 16.1. The lowest BCUT2D eigenvalue weighted by Crippen LogP contribution is -2.37. The summed E-state index contributed by atoms with van der Waals surface area (Å²) in [5, 5.41) is 10.7. The summed E-state index contributed by atoms with van der Waals surface area (Å²) in [5.74, 6) is 0.208. The van der Waals surface area contributed by atoms with Crippen LogP contribution < -0.4 is 5.32 Å². The number of nitrogens with one attached hydrogen (secondary N) is 3. The molecule has 91 valence electrons. The first kappa shape index (κ1) is 12.0. The minimum atomic E-state index is -0.569. The summed E-state index contributed by atoms with van der Waals surface area (Å²) in [7, 11) is 0. The van der Waals surface area contributed by atoms with Gasteiger partial charge < -0.3 is 10.3 Å². The van der Waals surface area contributed by atoms with Gasteiger partial charge in [0, 0.05) is 18.2 Å². The van der Waals surface area contributed by atoms with Gasteiger partial charge in [0.15, 0.2) is 0 Å². The minimum absolute atomic E-state index is 0.208. The Labute approximate surface area is 105 Å². The highest BCUT2D eigenvalue weighted by molar-refractivity contribution is 5.97. The number of aromatic nitrogens is 2. The zero-order chi connectivity index (χ0) is 12.8. The summed E-state index contributed by atoms with van der Waals surface area (Å²) in [6, 6.07) is 8.63. The molecule has 0 fully saturated rings. The molecule has 1 aromatic heterocycles. The molecule has 18 heavy (non-hydrogen) atoms. The van der Waals surface area contributed by atoms with E-state index in [0.717, 1.165) is 11.3 Å².